The Morgan fingerprint density at radius 1 is 1.48 bits per heavy atom. The molecule has 1 atom stereocenters. The zero-order valence-electron chi connectivity index (χ0n) is 11.1. The number of carboxylic acid groups (broad SMARTS) is 1. The van der Waals surface area contributed by atoms with Gasteiger partial charge in [-0.05, 0) is 24.5 Å². The van der Waals surface area contributed by atoms with Crippen LogP contribution in [0.3, 0.4) is 0 Å². The fourth-order valence-electron chi connectivity index (χ4n) is 2.58. The lowest BCUT2D eigenvalue weighted by atomic mass is 10.1. The summed E-state index contributed by atoms with van der Waals surface area (Å²) in [6.45, 7) is 0.221. The van der Waals surface area contributed by atoms with Gasteiger partial charge >= 0.3 is 11.7 Å². The molecule has 1 N–H and O–H groups in total. The highest BCUT2D eigenvalue weighted by molar-refractivity contribution is 6.30. The fraction of sp³-hybridized carbons (Fsp3) is 0.385. The van der Waals surface area contributed by atoms with Crippen LogP contribution in [-0.2, 0) is 17.8 Å². The van der Waals surface area contributed by atoms with E-state index in [1.807, 2.05) is 0 Å². The van der Waals surface area contributed by atoms with Gasteiger partial charge in [-0.3, -0.25) is 9.55 Å². The van der Waals surface area contributed by atoms with Crippen molar-refractivity contribution in [3.63, 3.8) is 0 Å². The van der Waals surface area contributed by atoms with Crippen molar-refractivity contribution in [3.8, 4) is 0 Å². The van der Waals surface area contributed by atoms with Crippen LogP contribution in [0.5, 0.6) is 0 Å². The highest BCUT2D eigenvalue weighted by Crippen LogP contribution is 2.22. The van der Waals surface area contributed by atoms with Gasteiger partial charge < -0.3 is 5.11 Å². The summed E-state index contributed by atoms with van der Waals surface area (Å²) in [5.41, 5.74) is 0.337. The minimum Gasteiger partial charge on any atom is -0.480 e. The number of fused-ring (bicyclic) bond motifs is 1. The molecule has 7 nitrogen and oxygen atoms in total. The Balaban J connectivity index is 1.99. The molecule has 0 bridgehead atoms. The number of halogens is 1. The Morgan fingerprint density at radius 2 is 2.29 bits per heavy atom. The van der Waals surface area contributed by atoms with Crippen LogP contribution >= 0.6 is 11.6 Å². The molecule has 0 spiro atoms. The largest absolute Gasteiger partial charge is 0.480 e. The number of carbonyl (C=O) groups is 1. The van der Waals surface area contributed by atoms with Crippen molar-refractivity contribution in [3.05, 3.63) is 45.4 Å². The van der Waals surface area contributed by atoms with Crippen molar-refractivity contribution in [2.75, 3.05) is 0 Å². The molecule has 0 radical (unpaired) electrons. The predicted molar refractivity (Wildman–Crippen MR) is 74.4 cm³/mol. The van der Waals surface area contributed by atoms with E-state index in [4.69, 9.17) is 11.6 Å². The zero-order chi connectivity index (χ0) is 15.0. The van der Waals surface area contributed by atoms with Crippen LogP contribution in [0.15, 0.2) is 23.3 Å². The van der Waals surface area contributed by atoms with Crippen LogP contribution < -0.4 is 5.69 Å². The van der Waals surface area contributed by atoms with Gasteiger partial charge in [0.25, 0.3) is 0 Å². The normalized spacial score (nSPS) is 17.5. The molecule has 0 aliphatic carbocycles. The fourth-order valence-corrected chi connectivity index (χ4v) is 2.78. The van der Waals surface area contributed by atoms with Crippen LogP contribution in [0.25, 0.3) is 0 Å². The highest BCUT2D eigenvalue weighted by Gasteiger charge is 2.30. The molecule has 0 fully saturated rings. The first-order valence-electron chi connectivity index (χ1n) is 6.56. The third-order valence-electron chi connectivity index (χ3n) is 3.51. The number of aliphatic carboxylic acids is 1. The van der Waals surface area contributed by atoms with E-state index in [9.17, 15) is 14.7 Å². The molecule has 0 amide bonds. The van der Waals surface area contributed by atoms with E-state index in [1.54, 1.807) is 12.3 Å². The van der Waals surface area contributed by atoms with Crippen molar-refractivity contribution in [1.82, 2.24) is 19.3 Å². The number of rotatable bonds is 3. The highest BCUT2D eigenvalue weighted by atomic mass is 35.5. The van der Waals surface area contributed by atoms with E-state index in [2.05, 4.69) is 10.1 Å². The smallest absolute Gasteiger partial charge is 0.347 e. The molecule has 0 aromatic carbocycles. The number of hydrogen-bond donors (Lipinski definition) is 1. The molecule has 1 unspecified atom stereocenters. The predicted octanol–water partition coefficient (Wildman–Crippen LogP) is 1.10. The Hall–Kier alpha value is -2.15. The number of pyridine rings is 1. The summed E-state index contributed by atoms with van der Waals surface area (Å²) in [6, 6.07) is 0.876. The van der Waals surface area contributed by atoms with Gasteiger partial charge in [0.05, 0.1) is 11.6 Å². The van der Waals surface area contributed by atoms with Crippen molar-refractivity contribution in [2.45, 2.75) is 31.8 Å². The minimum absolute atomic E-state index is 0.221. The molecule has 8 heteroatoms. The maximum atomic E-state index is 12.4. The average molecular weight is 309 g/mol. The van der Waals surface area contributed by atoms with Crippen LogP contribution in [0.1, 0.15) is 30.3 Å². The number of nitrogens with zero attached hydrogens (tertiary/aromatic N) is 4. The van der Waals surface area contributed by atoms with Gasteiger partial charge in [-0.1, -0.05) is 11.6 Å². The van der Waals surface area contributed by atoms with E-state index in [-0.39, 0.29) is 6.54 Å². The molecule has 2 aromatic heterocycles. The SMILES string of the molecule is O=C(O)C1CCCc2nn(Cc3cncc(Cl)c3)c(=O)n21. The lowest BCUT2D eigenvalue weighted by Gasteiger charge is -2.19. The molecule has 1 aliphatic rings. The summed E-state index contributed by atoms with van der Waals surface area (Å²) < 4.78 is 2.55. The zero-order valence-corrected chi connectivity index (χ0v) is 11.8. The van der Waals surface area contributed by atoms with Crippen LogP contribution in [0, 0.1) is 0 Å². The minimum atomic E-state index is -0.998. The van der Waals surface area contributed by atoms with Crippen LogP contribution in [0.2, 0.25) is 5.02 Å². The summed E-state index contributed by atoms with van der Waals surface area (Å²) in [6.07, 6.45) is 4.89. The maximum Gasteiger partial charge on any atom is 0.347 e. The maximum absolute atomic E-state index is 12.4. The van der Waals surface area contributed by atoms with Gasteiger partial charge in [-0.2, -0.15) is 5.10 Å². The van der Waals surface area contributed by atoms with Gasteiger partial charge in [0.15, 0.2) is 0 Å². The van der Waals surface area contributed by atoms with Crippen molar-refractivity contribution < 1.29 is 9.90 Å². The van der Waals surface area contributed by atoms with Crippen LogP contribution in [-0.4, -0.2) is 30.4 Å². The summed E-state index contributed by atoms with van der Waals surface area (Å²) in [5, 5.41) is 13.9. The summed E-state index contributed by atoms with van der Waals surface area (Å²) >= 11 is 5.86. The molecule has 3 rings (SSSR count). The molecule has 0 saturated heterocycles. The third-order valence-corrected chi connectivity index (χ3v) is 3.72. The second kappa shape index (κ2) is 5.33. The molecule has 2 aromatic rings. The lowest BCUT2D eigenvalue weighted by Crippen LogP contribution is -2.34. The summed E-state index contributed by atoms with van der Waals surface area (Å²) in [7, 11) is 0. The van der Waals surface area contributed by atoms with E-state index in [0.29, 0.717) is 30.1 Å². The van der Waals surface area contributed by atoms with E-state index in [0.717, 1.165) is 5.56 Å². The molecule has 0 saturated carbocycles. The molecule has 1 aliphatic heterocycles. The van der Waals surface area contributed by atoms with E-state index < -0.39 is 17.7 Å². The van der Waals surface area contributed by atoms with Crippen molar-refractivity contribution in [2.24, 2.45) is 0 Å². The Kier molecular flexibility index (Phi) is 3.50. The Morgan fingerprint density at radius 3 is 3.00 bits per heavy atom. The van der Waals surface area contributed by atoms with Crippen molar-refractivity contribution >= 4 is 17.6 Å². The molecule has 110 valence electrons. The first kappa shape index (κ1) is 13.8. The Bertz CT molecular complexity index is 752. The van der Waals surface area contributed by atoms with Gasteiger partial charge in [0.2, 0.25) is 0 Å². The summed E-state index contributed by atoms with van der Waals surface area (Å²) in [5.74, 6) is -0.476. The number of aromatic nitrogens is 4. The quantitative estimate of drug-likeness (QED) is 0.917. The lowest BCUT2D eigenvalue weighted by molar-refractivity contribution is -0.141. The topological polar surface area (TPSA) is 90.0 Å². The van der Waals surface area contributed by atoms with Crippen molar-refractivity contribution in [1.29, 1.82) is 0 Å². The Labute approximate surface area is 124 Å². The van der Waals surface area contributed by atoms with Gasteiger partial charge in [0.1, 0.15) is 11.9 Å². The monoisotopic (exact) mass is 308 g/mol. The van der Waals surface area contributed by atoms with E-state index >= 15 is 0 Å². The first-order valence-corrected chi connectivity index (χ1v) is 6.94. The number of carboxylic acids is 1. The first-order chi connectivity index (χ1) is 10.1. The molecular formula is C13H13ClN4O3. The molecule has 21 heavy (non-hydrogen) atoms. The summed E-state index contributed by atoms with van der Waals surface area (Å²) in [4.78, 5) is 27.6. The second-order valence-corrected chi connectivity index (χ2v) is 5.42. The van der Waals surface area contributed by atoms with Crippen LogP contribution in [0.4, 0.5) is 0 Å². The number of hydrogen-bond acceptors (Lipinski definition) is 4. The van der Waals surface area contributed by atoms with E-state index in [1.165, 1.54) is 15.4 Å². The average Bonchev–Trinajstić information content (AvgIpc) is 2.75. The molecule has 3 heterocycles. The van der Waals surface area contributed by atoms with Gasteiger partial charge in [-0.25, -0.2) is 14.3 Å². The second-order valence-electron chi connectivity index (χ2n) is 4.98. The third kappa shape index (κ3) is 2.56. The number of aryl methyl sites for hydroxylation is 1. The molecular weight excluding hydrogens is 296 g/mol. The standard InChI is InChI=1S/C13H13ClN4O3/c14-9-4-8(5-15-6-9)7-17-13(21)18-10(12(19)20)2-1-3-11(18)16-17/h4-6,10H,1-3,7H2,(H,19,20). The van der Waals surface area contributed by atoms with Gasteiger partial charge in [-0.15, -0.1) is 0 Å². The van der Waals surface area contributed by atoms with Gasteiger partial charge in [0, 0.05) is 18.8 Å².